The van der Waals surface area contributed by atoms with Crippen molar-refractivity contribution in [2.45, 2.75) is 26.3 Å². The molecule has 214 valence electrons. The second-order valence-corrected chi connectivity index (χ2v) is 12.3. The number of benzene rings is 4. The maximum atomic E-state index is 13.8. The number of carbonyl (C=O) groups is 3. The van der Waals surface area contributed by atoms with Crippen LogP contribution >= 0.6 is 23.5 Å². The van der Waals surface area contributed by atoms with E-state index in [1.165, 1.54) is 23.9 Å². The average molecular weight is 606 g/mol. The molecular formula is C34H27N3O4S2. The minimum Gasteiger partial charge on any atom is -0.478 e. The quantitative estimate of drug-likeness (QED) is 0.186. The number of carbonyl (C=O) groups excluding carboxylic acids is 2. The van der Waals surface area contributed by atoms with Crippen molar-refractivity contribution in [1.29, 1.82) is 0 Å². The molecule has 1 aliphatic carbocycles. The highest BCUT2D eigenvalue weighted by Crippen LogP contribution is 2.44. The number of allylic oxidation sites excluding steroid dienone is 2. The van der Waals surface area contributed by atoms with Gasteiger partial charge in [-0.1, -0.05) is 78.9 Å². The second kappa shape index (κ2) is 12.6. The molecule has 0 spiro atoms. The Labute approximate surface area is 257 Å². The maximum absolute atomic E-state index is 13.8. The smallest absolute Gasteiger partial charge is 0.335 e. The Hall–Kier alpha value is -4.73. The monoisotopic (exact) mass is 605 g/mol. The number of hydrogen-bond acceptors (Lipinski definition) is 5. The van der Waals surface area contributed by atoms with Crippen LogP contribution in [0.4, 0.5) is 21.9 Å². The Bertz CT molecular complexity index is 1740. The molecule has 6 rings (SSSR count). The number of hydrogen-bond donors (Lipinski definition) is 3. The second-order valence-electron chi connectivity index (χ2n) is 9.92. The molecule has 7 nitrogen and oxygen atoms in total. The first-order chi connectivity index (χ1) is 21.0. The minimum atomic E-state index is -1.07. The van der Waals surface area contributed by atoms with Crippen molar-refractivity contribution >= 4 is 58.5 Å². The van der Waals surface area contributed by atoms with Crippen molar-refractivity contribution < 1.29 is 19.5 Å². The van der Waals surface area contributed by atoms with E-state index in [0.717, 1.165) is 21.0 Å². The summed E-state index contributed by atoms with van der Waals surface area (Å²) < 4.78 is 0. The molecule has 3 amide bonds. The third kappa shape index (κ3) is 6.38. The topological polar surface area (TPSA) is 98.7 Å². The van der Waals surface area contributed by atoms with Crippen LogP contribution in [-0.2, 0) is 4.79 Å². The predicted octanol–water partition coefficient (Wildman–Crippen LogP) is 7.86. The first-order valence-corrected chi connectivity index (χ1v) is 15.4. The predicted molar refractivity (Wildman–Crippen MR) is 173 cm³/mol. The highest BCUT2D eigenvalue weighted by Gasteiger charge is 2.36. The lowest BCUT2D eigenvalue weighted by Crippen LogP contribution is -2.49. The van der Waals surface area contributed by atoms with Crippen molar-refractivity contribution in [2.75, 3.05) is 15.5 Å². The molecule has 0 bridgehead atoms. The summed E-state index contributed by atoms with van der Waals surface area (Å²) in [6.45, 7) is 0. The number of anilines is 3. The van der Waals surface area contributed by atoms with Gasteiger partial charge in [-0.15, -0.1) is 23.5 Å². The highest BCUT2D eigenvalue weighted by atomic mass is 32.2. The van der Waals surface area contributed by atoms with Crippen molar-refractivity contribution in [3.8, 4) is 0 Å². The van der Waals surface area contributed by atoms with Gasteiger partial charge in [0.25, 0.3) is 0 Å². The first kappa shape index (κ1) is 28.4. The Kier molecular flexibility index (Phi) is 8.35. The molecule has 0 aromatic heterocycles. The Morgan fingerprint density at radius 2 is 1.51 bits per heavy atom. The maximum Gasteiger partial charge on any atom is 0.335 e. The number of carboxylic acids is 1. The van der Waals surface area contributed by atoms with Gasteiger partial charge in [0.1, 0.15) is 5.25 Å². The molecule has 1 heterocycles. The number of nitrogens with zero attached hydrogens (tertiary/aromatic N) is 1. The molecule has 0 fully saturated rings. The molecular weight excluding hydrogens is 579 g/mol. The van der Waals surface area contributed by atoms with Gasteiger partial charge in [0.15, 0.2) is 0 Å². The zero-order valence-electron chi connectivity index (χ0n) is 22.8. The zero-order valence-corrected chi connectivity index (χ0v) is 24.4. The van der Waals surface area contributed by atoms with Gasteiger partial charge in [0.2, 0.25) is 5.91 Å². The summed E-state index contributed by atoms with van der Waals surface area (Å²) in [7, 11) is 0. The standard InChI is InChI=1S/C34H27N3O4S2/c38-32(35-24-13-8-12-23(20-24)33(39)40)31(22-10-2-1-3-11-22)42-26-15-9-14-25(21-26)36-34(41)37-27-16-4-6-18-29(27)43-30-19-7-5-17-28(30)37/h1-21,27,29,31H,(H,35,38)(H,36,41)(H,39,40). The summed E-state index contributed by atoms with van der Waals surface area (Å²) in [5.41, 5.74) is 2.76. The number of carboxylic acid groups (broad SMARTS) is 1. The lowest BCUT2D eigenvalue weighted by Gasteiger charge is -2.40. The molecule has 3 atom stereocenters. The van der Waals surface area contributed by atoms with Crippen LogP contribution in [0.15, 0.2) is 137 Å². The van der Waals surface area contributed by atoms with Crippen LogP contribution in [-0.4, -0.2) is 34.3 Å². The van der Waals surface area contributed by atoms with E-state index in [0.29, 0.717) is 11.4 Å². The van der Waals surface area contributed by atoms with Crippen LogP contribution in [0.1, 0.15) is 21.2 Å². The number of rotatable bonds is 7. The molecule has 1 aliphatic heterocycles. The van der Waals surface area contributed by atoms with Crippen molar-refractivity contribution in [3.05, 3.63) is 139 Å². The molecule has 2 aliphatic rings. The van der Waals surface area contributed by atoms with Crippen molar-refractivity contribution in [2.24, 2.45) is 0 Å². The lowest BCUT2D eigenvalue weighted by atomic mass is 10.1. The number of thioether (sulfide) groups is 2. The molecule has 0 radical (unpaired) electrons. The van der Waals surface area contributed by atoms with Gasteiger partial charge >= 0.3 is 12.0 Å². The minimum absolute atomic E-state index is 0.0890. The van der Waals surface area contributed by atoms with Gasteiger partial charge in [-0.25, -0.2) is 9.59 Å². The molecule has 4 aromatic rings. The highest BCUT2D eigenvalue weighted by molar-refractivity contribution is 8.00. The van der Waals surface area contributed by atoms with E-state index < -0.39 is 11.2 Å². The average Bonchev–Trinajstić information content (AvgIpc) is 3.03. The SMILES string of the molecule is O=C(O)c1cccc(NC(=O)C(Sc2cccc(NC(=O)N3c4ccccc4SC4C=CC=CC43)c2)c2ccccc2)c1. The fourth-order valence-electron chi connectivity index (χ4n) is 5.03. The Balaban J connectivity index is 1.23. The molecule has 3 N–H and O–H groups in total. The molecule has 43 heavy (non-hydrogen) atoms. The van der Waals surface area contributed by atoms with Crippen LogP contribution in [0, 0.1) is 0 Å². The van der Waals surface area contributed by atoms with Crippen LogP contribution in [0.25, 0.3) is 0 Å². The summed E-state index contributed by atoms with van der Waals surface area (Å²) in [4.78, 5) is 42.4. The number of amides is 3. The fraction of sp³-hybridized carbons (Fsp3) is 0.0882. The number of fused-ring (bicyclic) bond motifs is 2. The molecule has 3 unspecified atom stereocenters. The number of urea groups is 1. The summed E-state index contributed by atoms with van der Waals surface area (Å²) in [6.07, 6.45) is 8.16. The zero-order chi connectivity index (χ0) is 29.8. The van der Waals surface area contributed by atoms with E-state index in [1.54, 1.807) is 23.9 Å². The Morgan fingerprint density at radius 1 is 0.791 bits per heavy atom. The van der Waals surface area contributed by atoms with Gasteiger partial charge in [-0.2, -0.15) is 0 Å². The van der Waals surface area contributed by atoms with Crippen molar-refractivity contribution in [1.82, 2.24) is 0 Å². The van der Waals surface area contributed by atoms with E-state index in [1.807, 2.05) is 95.9 Å². The van der Waals surface area contributed by atoms with E-state index >= 15 is 0 Å². The third-order valence-corrected chi connectivity index (χ3v) is 9.57. The van der Waals surface area contributed by atoms with Gasteiger partial charge in [0, 0.05) is 21.2 Å². The molecule has 0 saturated carbocycles. The van der Waals surface area contributed by atoms with Gasteiger partial charge in [-0.05, 0) is 54.1 Å². The largest absolute Gasteiger partial charge is 0.478 e. The van der Waals surface area contributed by atoms with Crippen LogP contribution in [0.2, 0.25) is 0 Å². The van der Waals surface area contributed by atoms with Gasteiger partial charge in [-0.3, -0.25) is 9.69 Å². The summed E-state index contributed by atoms with van der Waals surface area (Å²) >= 11 is 3.10. The molecule has 4 aromatic carbocycles. The van der Waals surface area contributed by atoms with Gasteiger partial charge in [0.05, 0.1) is 22.5 Å². The van der Waals surface area contributed by atoms with E-state index in [-0.39, 0.29) is 28.8 Å². The molecule has 0 saturated heterocycles. The number of para-hydroxylation sites is 1. The van der Waals surface area contributed by atoms with Crippen LogP contribution in [0.3, 0.4) is 0 Å². The number of aromatic carboxylic acids is 1. The van der Waals surface area contributed by atoms with E-state index in [4.69, 9.17) is 0 Å². The summed E-state index contributed by atoms with van der Waals surface area (Å²) in [5, 5.41) is 14.8. The van der Waals surface area contributed by atoms with E-state index in [9.17, 15) is 19.5 Å². The van der Waals surface area contributed by atoms with Crippen LogP contribution in [0.5, 0.6) is 0 Å². The summed E-state index contributed by atoms with van der Waals surface area (Å²) in [6, 6.07) is 30.5. The normalized spacial score (nSPS) is 17.3. The fourth-order valence-corrected chi connectivity index (χ4v) is 7.37. The van der Waals surface area contributed by atoms with Gasteiger partial charge < -0.3 is 15.7 Å². The molecule has 9 heteroatoms. The van der Waals surface area contributed by atoms with Crippen molar-refractivity contribution in [3.63, 3.8) is 0 Å². The Morgan fingerprint density at radius 3 is 2.33 bits per heavy atom. The first-order valence-electron chi connectivity index (χ1n) is 13.6. The number of nitrogens with one attached hydrogen (secondary N) is 2. The third-order valence-electron chi connectivity index (χ3n) is 7.02. The van der Waals surface area contributed by atoms with E-state index in [2.05, 4.69) is 22.8 Å². The summed E-state index contributed by atoms with van der Waals surface area (Å²) in [5.74, 6) is -1.36. The lowest BCUT2D eigenvalue weighted by molar-refractivity contribution is -0.115. The van der Waals surface area contributed by atoms with Crippen LogP contribution < -0.4 is 15.5 Å².